The van der Waals surface area contributed by atoms with E-state index in [2.05, 4.69) is 10.0 Å². The van der Waals surface area contributed by atoms with Crippen molar-refractivity contribution in [2.24, 2.45) is 5.11 Å². The highest BCUT2D eigenvalue weighted by Crippen LogP contribution is 2.28. The van der Waals surface area contributed by atoms with Crippen molar-refractivity contribution in [1.82, 2.24) is 0 Å². The van der Waals surface area contributed by atoms with E-state index < -0.39 is 36.9 Å². The zero-order valence-electron chi connectivity index (χ0n) is 8.63. The molecule has 2 saturated heterocycles. The van der Waals surface area contributed by atoms with Gasteiger partial charge in [-0.25, -0.2) is 0 Å². The first kappa shape index (κ1) is 11.6. The summed E-state index contributed by atoms with van der Waals surface area (Å²) in [5.41, 5.74) is 8.32. The first-order chi connectivity index (χ1) is 7.63. The van der Waals surface area contributed by atoms with Crippen LogP contribution >= 0.6 is 0 Å². The van der Waals surface area contributed by atoms with E-state index in [9.17, 15) is 10.2 Å². The standard InChI is InChI=1S/C8H13N3O5/c1-3-14-2-4-7(15-3)6(12)5(10-11-9)8(13)16-4/h3-8,12-13H,2H2,1H3/t3?,4?,5-,6-,7?,8?/m1/s1. The van der Waals surface area contributed by atoms with Gasteiger partial charge in [-0.1, -0.05) is 5.11 Å². The molecule has 0 aliphatic carbocycles. The first-order valence-electron chi connectivity index (χ1n) is 4.96. The normalized spacial score (nSPS) is 47.9. The van der Waals surface area contributed by atoms with Crippen molar-refractivity contribution < 1.29 is 24.4 Å². The average Bonchev–Trinajstić information content (AvgIpc) is 2.26. The minimum Gasteiger partial charge on any atom is -0.390 e. The van der Waals surface area contributed by atoms with Crippen LogP contribution in [0, 0.1) is 0 Å². The van der Waals surface area contributed by atoms with E-state index in [1.807, 2.05) is 0 Å². The number of ether oxygens (including phenoxy) is 3. The van der Waals surface area contributed by atoms with Crippen LogP contribution in [0.5, 0.6) is 0 Å². The summed E-state index contributed by atoms with van der Waals surface area (Å²) in [4.78, 5) is 2.56. The van der Waals surface area contributed by atoms with Crippen molar-refractivity contribution in [2.75, 3.05) is 6.61 Å². The van der Waals surface area contributed by atoms with E-state index in [4.69, 9.17) is 19.7 Å². The number of nitrogens with zero attached hydrogens (tertiary/aromatic N) is 3. The Balaban J connectivity index is 2.14. The molecule has 2 N–H and O–H groups in total. The second kappa shape index (κ2) is 4.54. The molecule has 16 heavy (non-hydrogen) atoms. The van der Waals surface area contributed by atoms with Crippen LogP contribution in [-0.4, -0.2) is 53.8 Å². The predicted octanol–water partition coefficient (Wildman–Crippen LogP) is -0.495. The maximum absolute atomic E-state index is 9.90. The Bertz CT molecular complexity index is 308. The second-order valence-electron chi connectivity index (χ2n) is 3.75. The Kier molecular flexibility index (Phi) is 3.29. The molecule has 6 atom stereocenters. The van der Waals surface area contributed by atoms with Crippen LogP contribution in [0.1, 0.15) is 6.92 Å². The predicted molar refractivity (Wildman–Crippen MR) is 50.1 cm³/mol. The summed E-state index contributed by atoms with van der Waals surface area (Å²) in [6.45, 7) is 1.92. The van der Waals surface area contributed by atoms with Gasteiger partial charge < -0.3 is 24.4 Å². The van der Waals surface area contributed by atoms with Crippen molar-refractivity contribution in [3.63, 3.8) is 0 Å². The molecule has 0 aromatic heterocycles. The third-order valence-corrected chi connectivity index (χ3v) is 2.69. The highest BCUT2D eigenvalue weighted by Gasteiger charge is 2.47. The topological polar surface area (TPSA) is 117 Å². The summed E-state index contributed by atoms with van der Waals surface area (Å²) in [7, 11) is 0. The highest BCUT2D eigenvalue weighted by molar-refractivity contribution is 4.95. The summed E-state index contributed by atoms with van der Waals surface area (Å²) < 4.78 is 15.7. The zero-order valence-corrected chi connectivity index (χ0v) is 8.63. The fraction of sp³-hybridized carbons (Fsp3) is 1.00. The maximum Gasteiger partial charge on any atom is 0.166 e. The molecule has 90 valence electrons. The van der Waals surface area contributed by atoms with Crippen LogP contribution in [0.3, 0.4) is 0 Å². The molecule has 0 amide bonds. The van der Waals surface area contributed by atoms with E-state index in [-0.39, 0.29) is 6.61 Å². The molecule has 8 heteroatoms. The highest BCUT2D eigenvalue weighted by atomic mass is 16.7. The molecule has 0 spiro atoms. The lowest BCUT2D eigenvalue weighted by Gasteiger charge is -2.44. The molecule has 2 aliphatic heterocycles. The van der Waals surface area contributed by atoms with Gasteiger partial charge in [-0.2, -0.15) is 0 Å². The largest absolute Gasteiger partial charge is 0.390 e. The van der Waals surface area contributed by atoms with Crippen molar-refractivity contribution in [2.45, 2.75) is 43.9 Å². The van der Waals surface area contributed by atoms with Gasteiger partial charge in [0.25, 0.3) is 0 Å². The van der Waals surface area contributed by atoms with Gasteiger partial charge in [-0.05, 0) is 12.5 Å². The van der Waals surface area contributed by atoms with Gasteiger partial charge in [0.15, 0.2) is 12.6 Å². The molecule has 2 rings (SSSR count). The van der Waals surface area contributed by atoms with E-state index in [0.717, 1.165) is 0 Å². The Labute approximate surface area is 91.3 Å². The smallest absolute Gasteiger partial charge is 0.166 e. The number of hydrogen-bond donors (Lipinski definition) is 2. The molecule has 0 aromatic rings. The van der Waals surface area contributed by atoms with E-state index in [0.29, 0.717) is 0 Å². The van der Waals surface area contributed by atoms with Gasteiger partial charge in [0.05, 0.1) is 12.7 Å². The average molecular weight is 231 g/mol. The quantitative estimate of drug-likeness (QED) is 0.358. The summed E-state index contributed by atoms with van der Waals surface area (Å²) in [6.07, 6.45) is -4.10. The summed E-state index contributed by atoms with van der Waals surface area (Å²) in [6, 6.07) is -1.06. The molecule has 8 nitrogen and oxygen atoms in total. The van der Waals surface area contributed by atoms with Crippen molar-refractivity contribution in [3.8, 4) is 0 Å². The number of aliphatic hydroxyl groups is 2. The van der Waals surface area contributed by atoms with Gasteiger partial charge >= 0.3 is 0 Å². The molecule has 2 aliphatic rings. The van der Waals surface area contributed by atoms with Gasteiger partial charge in [0, 0.05) is 4.91 Å². The number of hydrogen-bond acceptors (Lipinski definition) is 6. The monoisotopic (exact) mass is 231 g/mol. The Morgan fingerprint density at radius 1 is 1.38 bits per heavy atom. The molecule has 0 aromatic carbocycles. The molecule has 0 saturated carbocycles. The maximum atomic E-state index is 9.90. The lowest BCUT2D eigenvalue weighted by Crippen LogP contribution is -2.61. The van der Waals surface area contributed by atoms with E-state index in [1.54, 1.807) is 6.92 Å². The van der Waals surface area contributed by atoms with Gasteiger partial charge in [0.2, 0.25) is 0 Å². The fourth-order valence-corrected chi connectivity index (χ4v) is 1.90. The summed E-state index contributed by atoms with van der Waals surface area (Å²) in [5, 5.41) is 22.7. The summed E-state index contributed by atoms with van der Waals surface area (Å²) in [5.74, 6) is 0. The fourth-order valence-electron chi connectivity index (χ4n) is 1.90. The molecular weight excluding hydrogens is 218 g/mol. The molecular formula is C8H13N3O5. The van der Waals surface area contributed by atoms with E-state index >= 15 is 0 Å². The van der Waals surface area contributed by atoms with Crippen LogP contribution in [0.15, 0.2) is 5.11 Å². The minimum absolute atomic E-state index is 0.225. The molecule has 0 radical (unpaired) electrons. The van der Waals surface area contributed by atoms with Crippen molar-refractivity contribution in [1.29, 1.82) is 0 Å². The van der Waals surface area contributed by atoms with Crippen LogP contribution in [0.2, 0.25) is 0 Å². The Morgan fingerprint density at radius 2 is 2.12 bits per heavy atom. The number of aliphatic hydroxyl groups excluding tert-OH is 2. The lowest BCUT2D eigenvalue weighted by molar-refractivity contribution is -0.328. The third kappa shape index (κ3) is 1.99. The number of rotatable bonds is 1. The zero-order chi connectivity index (χ0) is 11.7. The second-order valence-corrected chi connectivity index (χ2v) is 3.75. The van der Waals surface area contributed by atoms with Gasteiger partial charge in [-0.15, -0.1) is 0 Å². The number of azide groups is 1. The Morgan fingerprint density at radius 3 is 2.81 bits per heavy atom. The van der Waals surface area contributed by atoms with E-state index in [1.165, 1.54) is 0 Å². The van der Waals surface area contributed by atoms with Crippen LogP contribution in [-0.2, 0) is 14.2 Å². The molecule has 2 fully saturated rings. The van der Waals surface area contributed by atoms with Crippen LogP contribution in [0.25, 0.3) is 10.4 Å². The summed E-state index contributed by atoms with van der Waals surface area (Å²) >= 11 is 0. The molecule has 2 heterocycles. The van der Waals surface area contributed by atoms with Crippen molar-refractivity contribution in [3.05, 3.63) is 10.4 Å². The van der Waals surface area contributed by atoms with Crippen LogP contribution in [0.4, 0.5) is 0 Å². The Hall–Kier alpha value is -0.890. The van der Waals surface area contributed by atoms with Gasteiger partial charge in [0.1, 0.15) is 18.2 Å². The van der Waals surface area contributed by atoms with Crippen molar-refractivity contribution >= 4 is 0 Å². The minimum atomic E-state index is -1.34. The van der Waals surface area contributed by atoms with Crippen LogP contribution < -0.4 is 0 Å². The lowest BCUT2D eigenvalue weighted by atomic mass is 9.97. The molecule has 4 unspecified atom stereocenters. The molecule has 0 bridgehead atoms. The first-order valence-corrected chi connectivity index (χ1v) is 4.96. The number of fused-ring (bicyclic) bond motifs is 1. The third-order valence-electron chi connectivity index (χ3n) is 2.69. The SMILES string of the molecule is CC1OCC2OC(O)[C@H](N=[N+]=[N-])[C@@H](O)C2O1. The van der Waals surface area contributed by atoms with Gasteiger partial charge in [-0.3, -0.25) is 0 Å².